The molecule has 0 radical (unpaired) electrons. The summed E-state index contributed by atoms with van der Waals surface area (Å²) in [6.07, 6.45) is -3.14. The number of carbonyl (C=O) groups is 1. The number of hydrogen-bond donors (Lipinski definition) is 2. The summed E-state index contributed by atoms with van der Waals surface area (Å²) in [6.45, 7) is 6.90. The fraction of sp³-hybridized carbons (Fsp3) is 0.900. The lowest BCUT2D eigenvalue weighted by Gasteiger charge is -2.30. The summed E-state index contributed by atoms with van der Waals surface area (Å²) in [7, 11) is 1.42. The molecule has 4 nitrogen and oxygen atoms in total. The molecule has 0 saturated heterocycles. The minimum Gasteiger partial charge on any atom is -0.390 e. The molecule has 0 unspecified atom stereocenters. The van der Waals surface area contributed by atoms with Gasteiger partial charge in [-0.25, -0.2) is 0 Å². The van der Waals surface area contributed by atoms with Gasteiger partial charge in [-0.3, -0.25) is 4.79 Å². The Morgan fingerprint density at radius 2 is 1.71 bits per heavy atom. The number of ether oxygens (including phenoxy) is 1. The second-order valence-electron chi connectivity index (χ2n) is 4.57. The van der Waals surface area contributed by atoms with Gasteiger partial charge < -0.3 is 14.9 Å². The Hall–Kier alpha value is -0.450. The van der Waals surface area contributed by atoms with E-state index in [0.717, 1.165) is 0 Å². The maximum Gasteiger partial charge on any atom is 0.193 e. The Morgan fingerprint density at radius 3 is 1.93 bits per heavy atom. The molecule has 84 valence electrons. The zero-order valence-corrected chi connectivity index (χ0v) is 9.44. The Kier molecular flexibility index (Phi) is 4.71. The SMILES string of the molecule is CO[C@H](C(=O)[C@@H](O)[C@@H](C)O)C(C)(C)C. The molecule has 4 heteroatoms. The van der Waals surface area contributed by atoms with E-state index >= 15 is 0 Å². The Labute approximate surface area is 84.9 Å². The van der Waals surface area contributed by atoms with Crippen LogP contribution in [0.4, 0.5) is 0 Å². The monoisotopic (exact) mass is 204 g/mol. The number of Topliss-reactive ketones (excluding diaryl/α,β-unsaturated/α-hetero) is 1. The molecule has 0 fully saturated rings. The highest BCUT2D eigenvalue weighted by molar-refractivity contribution is 5.88. The number of rotatable bonds is 4. The van der Waals surface area contributed by atoms with E-state index in [2.05, 4.69) is 0 Å². The van der Waals surface area contributed by atoms with Gasteiger partial charge in [0.2, 0.25) is 0 Å². The van der Waals surface area contributed by atoms with Crippen LogP contribution in [0.1, 0.15) is 27.7 Å². The van der Waals surface area contributed by atoms with Crippen molar-refractivity contribution in [1.82, 2.24) is 0 Å². The van der Waals surface area contributed by atoms with Gasteiger partial charge in [0.25, 0.3) is 0 Å². The maximum absolute atomic E-state index is 11.6. The van der Waals surface area contributed by atoms with Crippen molar-refractivity contribution >= 4 is 5.78 Å². The number of aliphatic hydroxyl groups excluding tert-OH is 2. The third kappa shape index (κ3) is 3.36. The minimum absolute atomic E-state index is 0.387. The molecule has 0 aromatic heterocycles. The van der Waals surface area contributed by atoms with Crippen LogP contribution in [0.25, 0.3) is 0 Å². The van der Waals surface area contributed by atoms with E-state index in [0.29, 0.717) is 0 Å². The molecule has 0 bridgehead atoms. The third-order valence-electron chi connectivity index (χ3n) is 2.03. The van der Waals surface area contributed by atoms with Crippen molar-refractivity contribution in [3.05, 3.63) is 0 Å². The summed E-state index contributed by atoms with van der Waals surface area (Å²) >= 11 is 0. The van der Waals surface area contributed by atoms with E-state index in [1.807, 2.05) is 20.8 Å². The molecule has 0 heterocycles. The van der Waals surface area contributed by atoms with Crippen LogP contribution in [-0.2, 0) is 9.53 Å². The van der Waals surface area contributed by atoms with E-state index in [4.69, 9.17) is 9.84 Å². The van der Waals surface area contributed by atoms with Crippen molar-refractivity contribution in [3.63, 3.8) is 0 Å². The molecule has 3 atom stereocenters. The third-order valence-corrected chi connectivity index (χ3v) is 2.03. The first kappa shape index (κ1) is 13.5. The maximum atomic E-state index is 11.6. The predicted octanol–water partition coefficient (Wildman–Crippen LogP) is 0.358. The molecule has 0 saturated carbocycles. The number of hydrogen-bond acceptors (Lipinski definition) is 4. The highest BCUT2D eigenvalue weighted by atomic mass is 16.5. The average Bonchev–Trinajstić information content (AvgIpc) is 2.01. The van der Waals surface area contributed by atoms with Gasteiger partial charge in [-0.15, -0.1) is 0 Å². The molecular formula is C10H20O4. The van der Waals surface area contributed by atoms with Gasteiger partial charge in [-0.1, -0.05) is 20.8 Å². The Balaban J connectivity index is 4.64. The van der Waals surface area contributed by atoms with Crippen LogP contribution in [0.15, 0.2) is 0 Å². The number of carbonyl (C=O) groups excluding carboxylic acids is 1. The lowest BCUT2D eigenvalue weighted by Crippen LogP contribution is -2.45. The fourth-order valence-corrected chi connectivity index (χ4v) is 1.29. The van der Waals surface area contributed by atoms with E-state index < -0.39 is 24.1 Å². The molecule has 0 aliphatic carbocycles. The van der Waals surface area contributed by atoms with Crippen LogP contribution >= 0.6 is 0 Å². The van der Waals surface area contributed by atoms with Gasteiger partial charge in [0.05, 0.1) is 6.10 Å². The van der Waals surface area contributed by atoms with Crippen LogP contribution < -0.4 is 0 Å². The highest BCUT2D eigenvalue weighted by Gasteiger charge is 2.36. The van der Waals surface area contributed by atoms with Gasteiger partial charge in [-0.05, 0) is 12.3 Å². The first-order valence-electron chi connectivity index (χ1n) is 4.64. The predicted molar refractivity (Wildman–Crippen MR) is 52.9 cm³/mol. The summed E-state index contributed by atoms with van der Waals surface area (Å²) in [5.41, 5.74) is -0.387. The average molecular weight is 204 g/mol. The minimum atomic E-state index is -1.38. The lowest BCUT2D eigenvalue weighted by atomic mass is 9.84. The zero-order chi connectivity index (χ0) is 11.5. The topological polar surface area (TPSA) is 66.8 Å². The van der Waals surface area contributed by atoms with Crippen LogP contribution in [0, 0.1) is 5.41 Å². The quantitative estimate of drug-likeness (QED) is 0.694. The normalized spacial score (nSPS) is 18.8. The first-order valence-corrected chi connectivity index (χ1v) is 4.64. The van der Waals surface area contributed by atoms with Gasteiger partial charge in [0, 0.05) is 7.11 Å². The van der Waals surface area contributed by atoms with E-state index in [1.54, 1.807) is 0 Å². The molecule has 0 aromatic rings. The van der Waals surface area contributed by atoms with E-state index in [9.17, 15) is 9.90 Å². The van der Waals surface area contributed by atoms with Crippen LogP contribution in [0.3, 0.4) is 0 Å². The smallest absolute Gasteiger partial charge is 0.193 e. The van der Waals surface area contributed by atoms with Gasteiger partial charge >= 0.3 is 0 Å². The molecule has 0 rings (SSSR count). The molecule has 0 spiro atoms. The molecule has 0 aliphatic heterocycles. The number of aliphatic hydroxyl groups is 2. The fourth-order valence-electron chi connectivity index (χ4n) is 1.29. The summed E-state index contributed by atoms with van der Waals surface area (Å²) in [4.78, 5) is 11.6. The molecular weight excluding hydrogens is 184 g/mol. The molecule has 0 aliphatic rings. The van der Waals surface area contributed by atoms with Crippen molar-refractivity contribution < 1.29 is 19.7 Å². The lowest BCUT2D eigenvalue weighted by molar-refractivity contribution is -0.148. The second-order valence-corrected chi connectivity index (χ2v) is 4.57. The molecule has 0 aromatic carbocycles. The summed E-state index contributed by atoms with van der Waals surface area (Å²) in [5, 5.41) is 18.5. The van der Waals surface area contributed by atoms with Crippen LogP contribution in [0.2, 0.25) is 0 Å². The van der Waals surface area contributed by atoms with Crippen LogP contribution in [0.5, 0.6) is 0 Å². The van der Waals surface area contributed by atoms with E-state index in [1.165, 1.54) is 14.0 Å². The largest absolute Gasteiger partial charge is 0.390 e. The van der Waals surface area contributed by atoms with Gasteiger partial charge in [-0.2, -0.15) is 0 Å². The summed E-state index contributed by atoms with van der Waals surface area (Å²) < 4.78 is 5.03. The van der Waals surface area contributed by atoms with Crippen molar-refractivity contribution in [2.24, 2.45) is 5.41 Å². The highest BCUT2D eigenvalue weighted by Crippen LogP contribution is 2.23. The molecule has 0 amide bonds. The van der Waals surface area contributed by atoms with Crippen LogP contribution in [-0.4, -0.2) is 41.4 Å². The van der Waals surface area contributed by atoms with Crippen molar-refractivity contribution in [2.45, 2.75) is 46.0 Å². The van der Waals surface area contributed by atoms with Gasteiger partial charge in [0.15, 0.2) is 5.78 Å². The summed E-state index contributed by atoms with van der Waals surface area (Å²) in [6, 6.07) is 0. The van der Waals surface area contributed by atoms with Gasteiger partial charge in [0.1, 0.15) is 12.2 Å². The second kappa shape index (κ2) is 4.87. The molecule has 14 heavy (non-hydrogen) atoms. The van der Waals surface area contributed by atoms with Crippen molar-refractivity contribution in [3.8, 4) is 0 Å². The number of ketones is 1. The Morgan fingerprint density at radius 1 is 1.29 bits per heavy atom. The number of methoxy groups -OCH3 is 1. The first-order chi connectivity index (χ1) is 6.21. The van der Waals surface area contributed by atoms with Crippen molar-refractivity contribution in [1.29, 1.82) is 0 Å². The van der Waals surface area contributed by atoms with Crippen molar-refractivity contribution in [2.75, 3.05) is 7.11 Å². The summed E-state index contributed by atoms with van der Waals surface area (Å²) in [5.74, 6) is -0.477. The standard InChI is InChI=1S/C10H20O4/c1-6(11)7(12)8(13)9(14-5)10(2,3)4/h6-7,9,11-12H,1-5H3/t6-,7+,9-/m1/s1. The van der Waals surface area contributed by atoms with E-state index in [-0.39, 0.29) is 5.41 Å². The molecule has 2 N–H and O–H groups in total. The zero-order valence-electron chi connectivity index (χ0n) is 9.44. The Bertz CT molecular complexity index is 193.